The van der Waals surface area contributed by atoms with Crippen molar-refractivity contribution in [2.45, 2.75) is 38.8 Å². The lowest BCUT2D eigenvalue weighted by Gasteiger charge is -2.32. The number of carbonyl (C=O) groups is 2. The van der Waals surface area contributed by atoms with Gasteiger partial charge in [0, 0.05) is 31.4 Å². The largest absolute Gasteiger partial charge is 0.459 e. The van der Waals surface area contributed by atoms with E-state index in [1.807, 2.05) is 13.8 Å². The average molecular weight is 330 g/mol. The average Bonchev–Trinajstić information content (AvgIpc) is 3.26. The Balaban J connectivity index is 1.60. The Labute approximate surface area is 140 Å². The number of rotatable bonds is 4. The van der Waals surface area contributed by atoms with Gasteiger partial charge >= 0.3 is 0 Å². The molecular formula is C17H22N4O3. The van der Waals surface area contributed by atoms with Crippen molar-refractivity contribution >= 4 is 11.8 Å². The van der Waals surface area contributed by atoms with Crippen LogP contribution in [0.5, 0.6) is 0 Å². The van der Waals surface area contributed by atoms with Crippen LogP contribution >= 0.6 is 0 Å². The van der Waals surface area contributed by atoms with Crippen LogP contribution < -0.4 is 5.32 Å². The van der Waals surface area contributed by atoms with E-state index in [0.717, 1.165) is 12.8 Å². The lowest BCUT2D eigenvalue weighted by atomic mass is 10.1. The van der Waals surface area contributed by atoms with E-state index in [1.54, 1.807) is 34.0 Å². The topological polar surface area (TPSA) is 80.4 Å². The standard InChI is InChI=1S/C17H22N4O3/c1-12(2)21-9-7-14(19-21)16(22)18-13-5-3-8-20(11-13)17(23)15-6-4-10-24-15/h4,6-7,9-10,12-13H,3,5,8,11H2,1-2H3,(H,18,22). The first-order valence-corrected chi connectivity index (χ1v) is 8.23. The predicted molar refractivity (Wildman–Crippen MR) is 87.7 cm³/mol. The van der Waals surface area contributed by atoms with Crippen molar-refractivity contribution in [1.82, 2.24) is 20.0 Å². The van der Waals surface area contributed by atoms with E-state index >= 15 is 0 Å². The molecule has 0 aliphatic carbocycles. The van der Waals surface area contributed by atoms with Crippen molar-refractivity contribution in [3.8, 4) is 0 Å². The van der Waals surface area contributed by atoms with Crippen LogP contribution in [0.3, 0.4) is 0 Å². The molecule has 128 valence electrons. The number of hydrogen-bond acceptors (Lipinski definition) is 4. The summed E-state index contributed by atoms with van der Waals surface area (Å²) in [5.74, 6) is -0.00705. The van der Waals surface area contributed by atoms with E-state index < -0.39 is 0 Å². The quantitative estimate of drug-likeness (QED) is 0.931. The summed E-state index contributed by atoms with van der Waals surface area (Å²) < 4.78 is 6.92. The minimum absolute atomic E-state index is 0.0747. The van der Waals surface area contributed by atoms with Crippen LogP contribution in [0.4, 0.5) is 0 Å². The second-order valence-electron chi connectivity index (χ2n) is 6.32. The second kappa shape index (κ2) is 6.90. The molecule has 0 aromatic carbocycles. The van der Waals surface area contributed by atoms with Gasteiger partial charge in [-0.25, -0.2) is 0 Å². The highest BCUT2D eigenvalue weighted by Crippen LogP contribution is 2.15. The van der Waals surface area contributed by atoms with Crippen molar-refractivity contribution in [3.63, 3.8) is 0 Å². The van der Waals surface area contributed by atoms with Gasteiger partial charge in [0.2, 0.25) is 0 Å². The van der Waals surface area contributed by atoms with Gasteiger partial charge in [-0.3, -0.25) is 14.3 Å². The highest BCUT2D eigenvalue weighted by atomic mass is 16.3. The first-order chi connectivity index (χ1) is 11.5. The highest BCUT2D eigenvalue weighted by molar-refractivity contribution is 5.93. The Morgan fingerprint density at radius 3 is 2.88 bits per heavy atom. The fourth-order valence-electron chi connectivity index (χ4n) is 2.84. The van der Waals surface area contributed by atoms with E-state index in [4.69, 9.17) is 4.42 Å². The van der Waals surface area contributed by atoms with E-state index in [0.29, 0.717) is 24.5 Å². The molecule has 1 unspecified atom stereocenters. The molecule has 0 radical (unpaired) electrons. The Morgan fingerprint density at radius 2 is 2.21 bits per heavy atom. The predicted octanol–water partition coefficient (Wildman–Crippen LogP) is 2.09. The van der Waals surface area contributed by atoms with Gasteiger partial charge in [-0.2, -0.15) is 5.10 Å². The minimum Gasteiger partial charge on any atom is -0.459 e. The Kier molecular flexibility index (Phi) is 4.69. The second-order valence-corrected chi connectivity index (χ2v) is 6.32. The summed E-state index contributed by atoms with van der Waals surface area (Å²) in [7, 11) is 0. The zero-order chi connectivity index (χ0) is 17.1. The summed E-state index contributed by atoms with van der Waals surface area (Å²) in [6, 6.07) is 5.20. The number of carbonyl (C=O) groups excluding carboxylic acids is 2. The van der Waals surface area contributed by atoms with Crippen molar-refractivity contribution in [2.75, 3.05) is 13.1 Å². The van der Waals surface area contributed by atoms with Gasteiger partial charge in [-0.15, -0.1) is 0 Å². The van der Waals surface area contributed by atoms with Gasteiger partial charge in [0.25, 0.3) is 11.8 Å². The van der Waals surface area contributed by atoms with Crippen LogP contribution in [0.1, 0.15) is 53.8 Å². The number of furan rings is 1. The monoisotopic (exact) mass is 330 g/mol. The molecule has 24 heavy (non-hydrogen) atoms. The van der Waals surface area contributed by atoms with Gasteiger partial charge in [0.05, 0.1) is 6.26 Å². The van der Waals surface area contributed by atoms with Gasteiger partial charge in [0.15, 0.2) is 5.76 Å². The Bertz CT molecular complexity index is 705. The van der Waals surface area contributed by atoms with E-state index in [1.165, 1.54) is 6.26 Å². The number of piperidine rings is 1. The number of hydrogen-bond donors (Lipinski definition) is 1. The first kappa shape index (κ1) is 16.3. The fraction of sp³-hybridized carbons (Fsp3) is 0.471. The molecule has 1 N–H and O–H groups in total. The molecule has 1 fully saturated rings. The maximum Gasteiger partial charge on any atom is 0.289 e. The van der Waals surface area contributed by atoms with E-state index in [2.05, 4.69) is 10.4 Å². The summed E-state index contributed by atoms with van der Waals surface area (Å²) in [5, 5.41) is 7.26. The number of likely N-dealkylation sites (tertiary alicyclic amines) is 1. The molecule has 1 aliphatic rings. The summed E-state index contributed by atoms with van der Waals surface area (Å²) in [6.07, 6.45) is 4.98. The van der Waals surface area contributed by atoms with Crippen molar-refractivity contribution in [1.29, 1.82) is 0 Å². The van der Waals surface area contributed by atoms with E-state index in [-0.39, 0.29) is 23.9 Å². The number of nitrogens with zero attached hydrogens (tertiary/aromatic N) is 3. The molecule has 2 amide bonds. The summed E-state index contributed by atoms with van der Waals surface area (Å²) in [4.78, 5) is 26.4. The molecule has 3 heterocycles. The fourth-order valence-corrected chi connectivity index (χ4v) is 2.84. The third kappa shape index (κ3) is 3.50. The zero-order valence-corrected chi connectivity index (χ0v) is 13.9. The van der Waals surface area contributed by atoms with E-state index in [9.17, 15) is 9.59 Å². The van der Waals surface area contributed by atoms with Crippen molar-refractivity contribution < 1.29 is 14.0 Å². The lowest BCUT2D eigenvalue weighted by Crippen LogP contribution is -2.49. The molecule has 0 saturated carbocycles. The number of amides is 2. The molecule has 1 saturated heterocycles. The maximum absolute atomic E-state index is 12.3. The Morgan fingerprint density at radius 1 is 1.38 bits per heavy atom. The van der Waals surface area contributed by atoms with Crippen LogP contribution in [-0.4, -0.2) is 45.6 Å². The normalized spacial score (nSPS) is 18.0. The van der Waals surface area contributed by atoms with Gasteiger partial charge in [0.1, 0.15) is 5.69 Å². The highest BCUT2D eigenvalue weighted by Gasteiger charge is 2.27. The summed E-state index contributed by atoms with van der Waals surface area (Å²) in [5.41, 5.74) is 0.401. The SMILES string of the molecule is CC(C)n1ccc(C(=O)NC2CCCN(C(=O)c3ccco3)C2)n1. The molecule has 0 bridgehead atoms. The van der Waals surface area contributed by atoms with Gasteiger partial charge in [-0.1, -0.05) is 0 Å². The van der Waals surface area contributed by atoms with Crippen LogP contribution in [0.2, 0.25) is 0 Å². The third-order valence-corrected chi connectivity index (χ3v) is 4.15. The smallest absolute Gasteiger partial charge is 0.289 e. The van der Waals surface area contributed by atoms with Gasteiger partial charge in [-0.05, 0) is 44.9 Å². The molecule has 0 spiro atoms. The number of nitrogens with one attached hydrogen (secondary N) is 1. The first-order valence-electron chi connectivity index (χ1n) is 8.23. The van der Waals surface area contributed by atoms with Crippen molar-refractivity contribution in [2.24, 2.45) is 0 Å². The lowest BCUT2D eigenvalue weighted by molar-refractivity contribution is 0.0646. The zero-order valence-electron chi connectivity index (χ0n) is 13.9. The van der Waals surface area contributed by atoms with Crippen LogP contribution in [0.25, 0.3) is 0 Å². The van der Waals surface area contributed by atoms with Crippen LogP contribution in [-0.2, 0) is 0 Å². The molecule has 1 atom stereocenters. The van der Waals surface area contributed by atoms with Crippen molar-refractivity contribution in [3.05, 3.63) is 42.1 Å². The maximum atomic E-state index is 12.3. The van der Waals surface area contributed by atoms with Gasteiger partial charge < -0.3 is 14.6 Å². The molecule has 2 aromatic heterocycles. The molecule has 2 aromatic rings. The molecular weight excluding hydrogens is 308 g/mol. The minimum atomic E-state index is -0.202. The summed E-state index contributed by atoms with van der Waals surface area (Å²) in [6.45, 7) is 5.17. The molecule has 1 aliphatic heterocycles. The summed E-state index contributed by atoms with van der Waals surface area (Å²) >= 11 is 0. The molecule has 7 heteroatoms. The van der Waals surface area contributed by atoms with Crippen LogP contribution in [0.15, 0.2) is 35.1 Å². The Hall–Kier alpha value is -2.57. The molecule has 3 rings (SSSR count). The third-order valence-electron chi connectivity index (χ3n) is 4.15. The van der Waals surface area contributed by atoms with Crippen LogP contribution in [0, 0.1) is 0 Å². The molecule has 7 nitrogen and oxygen atoms in total. The number of aromatic nitrogens is 2.